The Balaban J connectivity index is 1.24. The molecule has 3 aliphatic heterocycles. The lowest BCUT2D eigenvalue weighted by Gasteiger charge is -2.37. The van der Waals surface area contributed by atoms with Crippen molar-refractivity contribution < 1.29 is 14.4 Å². The number of oxime groups is 1. The highest BCUT2D eigenvalue weighted by atomic mass is 16.6. The number of anilines is 1. The van der Waals surface area contributed by atoms with Crippen molar-refractivity contribution in [3.05, 3.63) is 24.3 Å². The highest BCUT2D eigenvalue weighted by molar-refractivity contribution is 6.39. The molecule has 0 spiro atoms. The van der Waals surface area contributed by atoms with Crippen molar-refractivity contribution in [2.45, 2.75) is 52.2 Å². The molecule has 3 heterocycles. The lowest BCUT2D eigenvalue weighted by Crippen LogP contribution is -2.49. The molecule has 170 valence electrons. The van der Waals surface area contributed by atoms with E-state index in [4.69, 9.17) is 9.57 Å². The van der Waals surface area contributed by atoms with Gasteiger partial charge in [-0.05, 0) is 44.7 Å². The van der Waals surface area contributed by atoms with Crippen molar-refractivity contribution in [3.63, 3.8) is 0 Å². The van der Waals surface area contributed by atoms with Crippen molar-refractivity contribution in [2.24, 2.45) is 11.1 Å². The van der Waals surface area contributed by atoms with Gasteiger partial charge in [-0.1, -0.05) is 24.2 Å². The first-order chi connectivity index (χ1) is 15.0. The van der Waals surface area contributed by atoms with Gasteiger partial charge in [0.1, 0.15) is 17.6 Å². The van der Waals surface area contributed by atoms with Crippen LogP contribution in [-0.2, 0) is 9.63 Å². The second-order valence-corrected chi connectivity index (χ2v) is 9.37. The highest BCUT2D eigenvalue weighted by Gasteiger charge is 2.32. The molecule has 3 aliphatic rings. The van der Waals surface area contributed by atoms with Crippen LogP contribution in [0.5, 0.6) is 5.75 Å². The molecule has 2 fully saturated rings. The summed E-state index contributed by atoms with van der Waals surface area (Å²) in [5.41, 5.74) is 1.76. The number of benzene rings is 1. The first kappa shape index (κ1) is 21.9. The van der Waals surface area contributed by atoms with E-state index < -0.39 is 0 Å². The van der Waals surface area contributed by atoms with Crippen molar-refractivity contribution in [1.82, 2.24) is 9.80 Å². The smallest absolute Gasteiger partial charge is 0.271 e. The van der Waals surface area contributed by atoms with E-state index in [0.29, 0.717) is 18.1 Å². The number of carbonyl (C=O) groups is 1. The number of piperidine rings is 1. The van der Waals surface area contributed by atoms with Crippen molar-refractivity contribution in [3.8, 4) is 5.75 Å². The van der Waals surface area contributed by atoms with E-state index in [-0.39, 0.29) is 18.1 Å². The molecular formula is C24H36N4O3. The number of hydrogen-bond acceptors (Lipinski definition) is 6. The lowest BCUT2D eigenvalue weighted by atomic mass is 9.98. The van der Waals surface area contributed by atoms with Crippen LogP contribution in [0.3, 0.4) is 0 Å². The normalized spacial score (nSPS) is 23.1. The Morgan fingerprint density at radius 2 is 1.84 bits per heavy atom. The Morgan fingerprint density at radius 3 is 2.55 bits per heavy atom. The third-order valence-electron chi connectivity index (χ3n) is 6.45. The topological polar surface area (TPSA) is 57.6 Å². The monoisotopic (exact) mass is 428 g/mol. The molecule has 0 saturated carbocycles. The number of nitrogens with zero attached hydrogens (tertiary/aromatic N) is 4. The first-order valence-corrected chi connectivity index (χ1v) is 11.7. The van der Waals surface area contributed by atoms with Crippen LogP contribution in [0.15, 0.2) is 29.4 Å². The number of rotatable bonds is 6. The second-order valence-electron chi connectivity index (χ2n) is 9.37. The number of likely N-dealkylation sites (tertiary alicyclic amines) is 1. The number of amides is 1. The van der Waals surface area contributed by atoms with E-state index in [1.54, 1.807) is 0 Å². The molecule has 0 aliphatic carbocycles. The molecule has 1 amide bonds. The molecule has 7 nitrogen and oxygen atoms in total. The van der Waals surface area contributed by atoms with Gasteiger partial charge in [-0.2, -0.15) is 0 Å². The molecule has 0 radical (unpaired) electrons. The molecule has 1 atom stereocenters. The second kappa shape index (κ2) is 9.90. The van der Waals surface area contributed by atoms with Gasteiger partial charge in [0.2, 0.25) is 0 Å². The van der Waals surface area contributed by atoms with Crippen LogP contribution in [0.4, 0.5) is 5.69 Å². The molecule has 0 N–H and O–H groups in total. The zero-order chi connectivity index (χ0) is 21.8. The van der Waals surface area contributed by atoms with Gasteiger partial charge < -0.3 is 19.4 Å². The Morgan fingerprint density at radius 1 is 1.13 bits per heavy atom. The predicted octanol–water partition coefficient (Wildman–Crippen LogP) is 3.00. The van der Waals surface area contributed by atoms with Crippen molar-refractivity contribution in [1.29, 1.82) is 0 Å². The summed E-state index contributed by atoms with van der Waals surface area (Å²) in [6, 6.07) is 8.28. The summed E-state index contributed by atoms with van der Waals surface area (Å²) in [6.07, 6.45) is 2.92. The molecule has 0 unspecified atom stereocenters. The fraction of sp³-hybridized carbons (Fsp3) is 0.667. The summed E-state index contributed by atoms with van der Waals surface area (Å²) >= 11 is 0. The van der Waals surface area contributed by atoms with E-state index in [1.165, 1.54) is 5.69 Å². The lowest BCUT2D eigenvalue weighted by molar-refractivity contribution is -0.125. The van der Waals surface area contributed by atoms with Crippen molar-refractivity contribution >= 4 is 17.3 Å². The van der Waals surface area contributed by atoms with Gasteiger partial charge in [0.15, 0.2) is 0 Å². The SMILES string of the molecule is CC1CCN(C(=O)C2=NO[C@H](CN3CCN(c4ccccc4OC(C)C)CC3)C2)CC1. The van der Waals surface area contributed by atoms with E-state index >= 15 is 0 Å². The molecule has 0 aromatic heterocycles. The molecular weight excluding hydrogens is 392 g/mol. The summed E-state index contributed by atoms with van der Waals surface area (Å²) in [4.78, 5) is 25.1. The van der Waals surface area contributed by atoms with E-state index in [0.717, 1.165) is 64.4 Å². The Kier molecular flexibility index (Phi) is 7.00. The Bertz CT molecular complexity index is 781. The summed E-state index contributed by atoms with van der Waals surface area (Å²) in [6.45, 7) is 12.7. The minimum absolute atomic E-state index is 0.0224. The maximum Gasteiger partial charge on any atom is 0.271 e. The van der Waals surface area contributed by atoms with Crippen LogP contribution in [0.1, 0.15) is 40.0 Å². The Hall–Kier alpha value is -2.28. The third-order valence-corrected chi connectivity index (χ3v) is 6.45. The number of hydrogen-bond donors (Lipinski definition) is 0. The summed E-state index contributed by atoms with van der Waals surface area (Å²) in [7, 11) is 0. The number of piperazine rings is 1. The van der Waals surface area contributed by atoms with Gasteiger partial charge in [-0.15, -0.1) is 0 Å². The molecule has 31 heavy (non-hydrogen) atoms. The molecule has 4 rings (SSSR count). The third kappa shape index (κ3) is 5.50. The van der Waals surface area contributed by atoms with E-state index in [2.05, 4.69) is 47.9 Å². The van der Waals surface area contributed by atoms with Gasteiger partial charge in [-0.25, -0.2) is 0 Å². The maximum atomic E-state index is 12.7. The zero-order valence-electron chi connectivity index (χ0n) is 19.1. The molecule has 7 heteroatoms. The van der Waals surface area contributed by atoms with Gasteiger partial charge in [0.05, 0.1) is 11.8 Å². The maximum absolute atomic E-state index is 12.7. The zero-order valence-corrected chi connectivity index (χ0v) is 19.1. The fourth-order valence-corrected chi connectivity index (χ4v) is 4.58. The van der Waals surface area contributed by atoms with Gasteiger partial charge >= 0.3 is 0 Å². The minimum atomic E-state index is -0.0224. The van der Waals surface area contributed by atoms with Crippen LogP contribution in [0.25, 0.3) is 0 Å². The van der Waals surface area contributed by atoms with Gasteiger partial charge in [-0.3, -0.25) is 9.69 Å². The number of carbonyl (C=O) groups excluding carboxylic acids is 1. The summed E-state index contributed by atoms with van der Waals surface area (Å²) < 4.78 is 6.00. The molecule has 2 saturated heterocycles. The molecule has 1 aromatic rings. The van der Waals surface area contributed by atoms with Gasteiger partial charge in [0.25, 0.3) is 5.91 Å². The fourth-order valence-electron chi connectivity index (χ4n) is 4.58. The van der Waals surface area contributed by atoms with Gasteiger partial charge in [0, 0.05) is 52.2 Å². The van der Waals surface area contributed by atoms with E-state index in [1.807, 2.05) is 17.0 Å². The molecule has 1 aromatic carbocycles. The van der Waals surface area contributed by atoms with E-state index in [9.17, 15) is 4.79 Å². The average Bonchev–Trinajstić information content (AvgIpc) is 3.23. The average molecular weight is 429 g/mol. The first-order valence-electron chi connectivity index (χ1n) is 11.7. The van der Waals surface area contributed by atoms with Crippen LogP contribution >= 0.6 is 0 Å². The summed E-state index contributed by atoms with van der Waals surface area (Å²) in [5.74, 6) is 1.73. The highest BCUT2D eigenvalue weighted by Crippen LogP contribution is 2.30. The summed E-state index contributed by atoms with van der Waals surface area (Å²) in [5, 5.41) is 4.15. The largest absolute Gasteiger partial charge is 0.489 e. The number of para-hydroxylation sites is 2. The standard InChI is InChI=1S/C24H36N4O3/c1-18(2)30-23-7-5-4-6-22(23)27-14-12-26(13-15-27)17-20-16-21(25-31-20)24(29)28-10-8-19(3)9-11-28/h4-7,18-20H,8-17H2,1-3H3/t20-/m0/s1. The van der Waals surface area contributed by atoms with Crippen molar-refractivity contribution in [2.75, 3.05) is 50.7 Å². The molecule has 0 bridgehead atoms. The van der Waals surface area contributed by atoms with Crippen LogP contribution in [0, 0.1) is 5.92 Å². The quantitative estimate of drug-likeness (QED) is 0.697. The van der Waals surface area contributed by atoms with Crippen LogP contribution < -0.4 is 9.64 Å². The minimum Gasteiger partial charge on any atom is -0.489 e. The predicted molar refractivity (Wildman–Crippen MR) is 123 cm³/mol. The van der Waals surface area contributed by atoms with Crippen LogP contribution in [-0.4, -0.2) is 79.4 Å². The number of ether oxygens (including phenoxy) is 1. The Labute approximate surface area is 186 Å². The van der Waals surface area contributed by atoms with Crippen LogP contribution in [0.2, 0.25) is 0 Å².